The lowest BCUT2D eigenvalue weighted by Gasteiger charge is -2.17. The van der Waals surface area contributed by atoms with Crippen LogP contribution < -0.4 is 15.4 Å². The number of ether oxygens (including phenoxy) is 1. The zero-order valence-electron chi connectivity index (χ0n) is 21.3. The first-order valence-corrected chi connectivity index (χ1v) is 14.4. The summed E-state index contributed by atoms with van der Waals surface area (Å²) in [6, 6.07) is 31.3. The molecule has 1 atom stereocenters. The third kappa shape index (κ3) is 6.71. The summed E-state index contributed by atoms with van der Waals surface area (Å²) in [5.74, 6) is 0.238. The maximum absolute atomic E-state index is 13.6. The molecule has 0 radical (unpaired) electrons. The van der Waals surface area contributed by atoms with Gasteiger partial charge in [0.05, 0.1) is 12.8 Å². The minimum absolute atomic E-state index is 0.205. The van der Waals surface area contributed by atoms with Gasteiger partial charge in [0.1, 0.15) is 11.0 Å². The van der Waals surface area contributed by atoms with Gasteiger partial charge in [-0.15, -0.1) is 23.1 Å². The van der Waals surface area contributed by atoms with Gasteiger partial charge in [0.15, 0.2) is 5.13 Å². The SMILES string of the molecule is COc1ccc(C(=O)Nc2cccc(SC(C(=O)Nc3nc(-c4ccccc4Cl)cs3)c3ccccc3)c2)cc1. The Labute approximate surface area is 245 Å². The van der Waals surface area contributed by atoms with Crippen LogP contribution in [0.15, 0.2) is 113 Å². The van der Waals surface area contributed by atoms with Gasteiger partial charge in [0.2, 0.25) is 5.91 Å². The van der Waals surface area contributed by atoms with E-state index in [0.29, 0.717) is 32.8 Å². The van der Waals surface area contributed by atoms with Crippen molar-refractivity contribution in [1.29, 1.82) is 0 Å². The predicted molar refractivity (Wildman–Crippen MR) is 164 cm³/mol. The summed E-state index contributed by atoms with van der Waals surface area (Å²) >= 11 is 9.06. The molecule has 5 rings (SSSR count). The smallest absolute Gasteiger partial charge is 0.255 e. The second kappa shape index (κ2) is 12.8. The maximum Gasteiger partial charge on any atom is 0.255 e. The molecule has 1 aromatic heterocycles. The van der Waals surface area contributed by atoms with E-state index in [2.05, 4.69) is 15.6 Å². The average Bonchev–Trinajstić information content (AvgIpc) is 3.45. The molecule has 0 fully saturated rings. The maximum atomic E-state index is 13.6. The molecule has 6 nitrogen and oxygen atoms in total. The van der Waals surface area contributed by atoms with Gasteiger partial charge in [-0.2, -0.15) is 0 Å². The molecule has 4 aromatic carbocycles. The van der Waals surface area contributed by atoms with Crippen molar-refractivity contribution in [2.24, 2.45) is 0 Å². The highest BCUT2D eigenvalue weighted by Crippen LogP contribution is 2.38. The Bertz CT molecular complexity index is 1620. The summed E-state index contributed by atoms with van der Waals surface area (Å²) in [5, 5.41) is 8.31. The number of hydrogen-bond donors (Lipinski definition) is 2. The van der Waals surface area contributed by atoms with Gasteiger partial charge >= 0.3 is 0 Å². The first-order chi connectivity index (χ1) is 19.5. The second-order valence-electron chi connectivity index (χ2n) is 8.63. The minimum Gasteiger partial charge on any atom is -0.497 e. The Hall–Kier alpha value is -4.11. The largest absolute Gasteiger partial charge is 0.497 e. The van der Waals surface area contributed by atoms with Crippen molar-refractivity contribution in [2.45, 2.75) is 10.1 Å². The number of thiazole rings is 1. The standard InChI is InChI=1S/C31H24ClN3O3S2/c1-38-23-16-14-21(15-17-23)29(36)33-22-10-7-11-24(18-22)40-28(20-8-3-2-4-9-20)30(37)35-31-34-27(19-39-31)25-12-5-6-13-26(25)32/h2-19,28H,1H3,(H,33,36)(H,34,35,37). The molecule has 1 unspecified atom stereocenters. The molecule has 0 aliphatic rings. The number of amides is 2. The van der Waals surface area contributed by atoms with Crippen LogP contribution in [0.2, 0.25) is 5.02 Å². The molecular weight excluding hydrogens is 562 g/mol. The lowest BCUT2D eigenvalue weighted by molar-refractivity contribution is -0.115. The van der Waals surface area contributed by atoms with Gasteiger partial charge in [-0.05, 0) is 54.1 Å². The number of rotatable bonds is 9. The van der Waals surface area contributed by atoms with Gasteiger partial charge in [0, 0.05) is 32.1 Å². The van der Waals surface area contributed by atoms with Gasteiger partial charge in [-0.25, -0.2) is 4.98 Å². The van der Waals surface area contributed by atoms with Gasteiger partial charge in [0.25, 0.3) is 5.91 Å². The summed E-state index contributed by atoms with van der Waals surface area (Å²) in [7, 11) is 1.58. The zero-order valence-corrected chi connectivity index (χ0v) is 23.7. The van der Waals surface area contributed by atoms with E-state index in [4.69, 9.17) is 16.3 Å². The van der Waals surface area contributed by atoms with Crippen LogP contribution in [0.25, 0.3) is 11.3 Å². The van der Waals surface area contributed by atoms with Crippen molar-refractivity contribution in [3.8, 4) is 17.0 Å². The zero-order chi connectivity index (χ0) is 27.9. The summed E-state index contributed by atoms with van der Waals surface area (Å²) in [5.41, 5.74) is 3.50. The highest BCUT2D eigenvalue weighted by Gasteiger charge is 2.23. The van der Waals surface area contributed by atoms with E-state index in [1.165, 1.54) is 23.1 Å². The number of halogens is 1. The number of methoxy groups -OCH3 is 1. The monoisotopic (exact) mass is 585 g/mol. The first-order valence-electron chi connectivity index (χ1n) is 12.3. The molecule has 2 amide bonds. The fourth-order valence-electron chi connectivity index (χ4n) is 3.92. The molecule has 9 heteroatoms. The highest BCUT2D eigenvalue weighted by molar-refractivity contribution is 8.00. The lowest BCUT2D eigenvalue weighted by atomic mass is 10.1. The van der Waals surface area contributed by atoms with Crippen molar-refractivity contribution >= 4 is 57.3 Å². The van der Waals surface area contributed by atoms with Crippen molar-refractivity contribution in [1.82, 2.24) is 4.98 Å². The number of carbonyl (C=O) groups is 2. The van der Waals surface area contributed by atoms with E-state index < -0.39 is 5.25 Å². The highest BCUT2D eigenvalue weighted by atomic mass is 35.5. The molecule has 200 valence electrons. The fourth-order valence-corrected chi connectivity index (χ4v) is 5.95. The number of nitrogens with zero attached hydrogens (tertiary/aromatic N) is 1. The lowest BCUT2D eigenvalue weighted by Crippen LogP contribution is -2.19. The van der Waals surface area contributed by atoms with E-state index in [1.807, 2.05) is 84.2 Å². The van der Waals surface area contributed by atoms with Crippen LogP contribution in [-0.4, -0.2) is 23.9 Å². The van der Waals surface area contributed by atoms with E-state index in [0.717, 1.165) is 16.0 Å². The van der Waals surface area contributed by atoms with Gasteiger partial charge in [-0.1, -0.05) is 66.2 Å². The normalized spacial score (nSPS) is 11.4. The molecule has 0 spiro atoms. The molecule has 1 heterocycles. The van der Waals surface area contributed by atoms with Crippen LogP contribution in [0.5, 0.6) is 5.75 Å². The minimum atomic E-state index is -0.554. The predicted octanol–water partition coefficient (Wildman–Crippen LogP) is 8.20. The molecule has 5 aromatic rings. The molecule has 0 aliphatic heterocycles. The van der Waals surface area contributed by atoms with Gasteiger partial charge in [-0.3, -0.25) is 9.59 Å². The Kier molecular flexibility index (Phi) is 8.81. The molecule has 2 N–H and O–H groups in total. The summed E-state index contributed by atoms with van der Waals surface area (Å²) in [6.07, 6.45) is 0. The van der Waals surface area contributed by atoms with Crippen molar-refractivity contribution < 1.29 is 14.3 Å². The number of anilines is 2. The van der Waals surface area contributed by atoms with Crippen molar-refractivity contribution in [3.63, 3.8) is 0 Å². The third-order valence-electron chi connectivity index (χ3n) is 5.92. The first kappa shape index (κ1) is 27.5. The van der Waals surface area contributed by atoms with Crippen LogP contribution in [0.1, 0.15) is 21.2 Å². The Morgan fingerprint density at radius 2 is 1.65 bits per heavy atom. The third-order valence-corrected chi connectivity index (χ3v) is 8.26. The van der Waals surface area contributed by atoms with Crippen molar-refractivity contribution in [2.75, 3.05) is 17.7 Å². The molecule has 0 aliphatic carbocycles. The summed E-state index contributed by atoms with van der Waals surface area (Å²) < 4.78 is 5.16. The number of carbonyl (C=O) groups excluding carboxylic acids is 2. The Morgan fingerprint density at radius 3 is 2.40 bits per heavy atom. The number of aromatic nitrogens is 1. The molecule has 0 bridgehead atoms. The molecular formula is C31H24ClN3O3S2. The van der Waals surface area contributed by atoms with Crippen LogP contribution in [0.3, 0.4) is 0 Å². The number of nitrogens with one attached hydrogen (secondary N) is 2. The Balaban J connectivity index is 1.33. The fraction of sp³-hybridized carbons (Fsp3) is 0.0645. The average molecular weight is 586 g/mol. The topological polar surface area (TPSA) is 80.3 Å². The Morgan fingerprint density at radius 1 is 0.900 bits per heavy atom. The summed E-state index contributed by atoms with van der Waals surface area (Å²) in [4.78, 5) is 31.7. The summed E-state index contributed by atoms with van der Waals surface area (Å²) in [6.45, 7) is 0. The van der Waals surface area contributed by atoms with Crippen LogP contribution in [0, 0.1) is 0 Å². The van der Waals surface area contributed by atoms with E-state index in [9.17, 15) is 9.59 Å². The van der Waals surface area contributed by atoms with Crippen LogP contribution in [0.4, 0.5) is 10.8 Å². The van der Waals surface area contributed by atoms with E-state index in [-0.39, 0.29) is 11.8 Å². The number of benzene rings is 4. The van der Waals surface area contributed by atoms with Crippen LogP contribution in [-0.2, 0) is 4.79 Å². The van der Waals surface area contributed by atoms with E-state index >= 15 is 0 Å². The number of thioether (sulfide) groups is 1. The van der Waals surface area contributed by atoms with E-state index in [1.54, 1.807) is 31.4 Å². The van der Waals surface area contributed by atoms with Crippen molar-refractivity contribution in [3.05, 3.63) is 125 Å². The second-order valence-corrected chi connectivity index (χ2v) is 11.1. The molecule has 40 heavy (non-hydrogen) atoms. The quantitative estimate of drug-likeness (QED) is 0.170. The van der Waals surface area contributed by atoms with Gasteiger partial charge < -0.3 is 15.4 Å². The number of hydrogen-bond acceptors (Lipinski definition) is 6. The van der Waals surface area contributed by atoms with Crippen LogP contribution >= 0.6 is 34.7 Å². The molecule has 0 saturated heterocycles. The molecule has 0 saturated carbocycles.